The maximum absolute atomic E-state index is 11.7. The number of nitrogens with two attached hydrogens (primary N) is 1. The van der Waals surface area contributed by atoms with Gasteiger partial charge in [-0.05, 0) is 31.9 Å². The van der Waals surface area contributed by atoms with Crippen LogP contribution in [-0.2, 0) is 4.79 Å². The molecule has 1 aliphatic carbocycles. The monoisotopic (exact) mass is 230 g/mol. The fourth-order valence-corrected chi connectivity index (χ4v) is 2.43. The minimum atomic E-state index is -0.536. The maximum atomic E-state index is 11.7. The number of hydrogen-bond acceptors (Lipinski definition) is 3. The second-order valence-corrected chi connectivity index (χ2v) is 5.71. The number of carbonyl (C=O) groups is 1. The highest BCUT2D eigenvalue weighted by atomic mass is 32.2. The average Bonchev–Trinajstić information content (AvgIpc) is 3.00. The minimum Gasteiger partial charge on any atom is -0.353 e. The number of carbonyl (C=O) groups excluding carboxylic acids is 1. The first-order chi connectivity index (χ1) is 7.02. The summed E-state index contributed by atoms with van der Waals surface area (Å²) in [6, 6.07) is 0. The quantitative estimate of drug-likeness (QED) is 0.727. The molecule has 3 N–H and O–H groups in total. The lowest BCUT2D eigenvalue weighted by molar-refractivity contribution is -0.123. The Morgan fingerprint density at radius 1 is 1.47 bits per heavy atom. The zero-order valence-corrected chi connectivity index (χ0v) is 10.7. The van der Waals surface area contributed by atoms with Crippen molar-refractivity contribution in [3.05, 3.63) is 0 Å². The van der Waals surface area contributed by atoms with Crippen LogP contribution < -0.4 is 11.1 Å². The Balaban J connectivity index is 2.43. The Bertz CT molecular complexity index is 226. The molecule has 0 unspecified atom stereocenters. The molecule has 1 saturated carbocycles. The second-order valence-electron chi connectivity index (χ2n) is 4.43. The predicted octanol–water partition coefficient (Wildman–Crippen LogP) is 1.52. The van der Waals surface area contributed by atoms with Crippen LogP contribution in [0.5, 0.6) is 0 Å². The lowest BCUT2D eigenvalue weighted by Gasteiger charge is -2.30. The summed E-state index contributed by atoms with van der Waals surface area (Å²) in [5, 5.41) is 2.99. The number of rotatable bonds is 6. The minimum absolute atomic E-state index is 0.0304. The van der Waals surface area contributed by atoms with E-state index in [-0.39, 0.29) is 10.7 Å². The number of amides is 1. The highest BCUT2D eigenvalue weighted by molar-refractivity contribution is 8.00. The van der Waals surface area contributed by atoms with Crippen molar-refractivity contribution in [1.82, 2.24) is 5.32 Å². The van der Waals surface area contributed by atoms with Crippen LogP contribution in [0.25, 0.3) is 0 Å². The predicted molar refractivity (Wildman–Crippen MR) is 66.0 cm³/mol. The fourth-order valence-electron chi connectivity index (χ4n) is 1.64. The first-order valence-corrected chi connectivity index (χ1v) is 6.87. The van der Waals surface area contributed by atoms with Gasteiger partial charge in [-0.3, -0.25) is 4.79 Å². The molecule has 0 saturated heterocycles. The molecule has 0 atom stereocenters. The Hall–Kier alpha value is -0.220. The van der Waals surface area contributed by atoms with Crippen LogP contribution in [0.3, 0.4) is 0 Å². The van der Waals surface area contributed by atoms with Crippen molar-refractivity contribution in [2.75, 3.05) is 12.8 Å². The lowest BCUT2D eigenvalue weighted by Crippen LogP contribution is -2.48. The van der Waals surface area contributed by atoms with Gasteiger partial charge < -0.3 is 11.1 Å². The summed E-state index contributed by atoms with van der Waals surface area (Å²) in [6.07, 6.45) is 5.92. The van der Waals surface area contributed by atoms with Crippen molar-refractivity contribution in [3.63, 3.8) is 0 Å². The molecular formula is C11H22N2OS. The molecule has 0 heterocycles. The normalized spacial score (nSPS) is 18.7. The summed E-state index contributed by atoms with van der Waals surface area (Å²) >= 11 is 1.83. The van der Waals surface area contributed by atoms with Gasteiger partial charge in [0, 0.05) is 11.3 Å². The Kier molecular flexibility index (Phi) is 4.06. The van der Waals surface area contributed by atoms with Crippen LogP contribution in [0, 0.1) is 0 Å². The van der Waals surface area contributed by atoms with Gasteiger partial charge in [0.15, 0.2) is 0 Å². The third-order valence-electron chi connectivity index (χ3n) is 3.53. The van der Waals surface area contributed by atoms with Crippen LogP contribution >= 0.6 is 11.8 Å². The van der Waals surface area contributed by atoms with Crippen molar-refractivity contribution in [3.8, 4) is 0 Å². The summed E-state index contributed by atoms with van der Waals surface area (Å²) in [7, 11) is 0. The second kappa shape index (κ2) is 4.74. The van der Waals surface area contributed by atoms with Gasteiger partial charge in [0.05, 0.1) is 5.54 Å². The summed E-state index contributed by atoms with van der Waals surface area (Å²) in [4.78, 5) is 11.7. The summed E-state index contributed by atoms with van der Waals surface area (Å²) < 4.78 is 0.181. The molecule has 4 heteroatoms. The zero-order valence-electron chi connectivity index (χ0n) is 9.93. The standard InChI is InChI=1S/C11H22N2OS/c1-4-10(5-2,15-3)8-13-9(14)11(12)6-7-11/h4-8,12H2,1-3H3,(H,13,14). The highest BCUT2D eigenvalue weighted by Gasteiger charge is 2.46. The van der Waals surface area contributed by atoms with Crippen molar-refractivity contribution >= 4 is 17.7 Å². The molecule has 0 spiro atoms. The van der Waals surface area contributed by atoms with Gasteiger partial charge in [-0.15, -0.1) is 0 Å². The van der Waals surface area contributed by atoms with E-state index in [2.05, 4.69) is 25.4 Å². The number of nitrogens with one attached hydrogen (secondary N) is 1. The Labute approximate surface area is 96.6 Å². The van der Waals surface area contributed by atoms with Crippen LogP contribution in [0.1, 0.15) is 39.5 Å². The molecule has 0 aromatic heterocycles. The average molecular weight is 230 g/mol. The summed E-state index contributed by atoms with van der Waals surface area (Å²) in [5.41, 5.74) is 5.29. The van der Waals surface area contributed by atoms with Crippen LogP contribution in [0.4, 0.5) is 0 Å². The Morgan fingerprint density at radius 2 is 2.00 bits per heavy atom. The smallest absolute Gasteiger partial charge is 0.240 e. The molecule has 0 aromatic rings. The van der Waals surface area contributed by atoms with Gasteiger partial charge in [-0.1, -0.05) is 13.8 Å². The molecular weight excluding hydrogens is 208 g/mol. The van der Waals surface area contributed by atoms with E-state index in [9.17, 15) is 4.79 Å². The highest BCUT2D eigenvalue weighted by Crippen LogP contribution is 2.33. The molecule has 0 aromatic carbocycles. The topological polar surface area (TPSA) is 55.1 Å². The van der Waals surface area contributed by atoms with Gasteiger partial charge in [-0.2, -0.15) is 11.8 Å². The summed E-state index contributed by atoms with van der Waals surface area (Å²) in [6.45, 7) is 5.07. The SMILES string of the molecule is CCC(CC)(CNC(=O)C1(N)CC1)SC. The fraction of sp³-hybridized carbons (Fsp3) is 0.909. The van der Waals surface area contributed by atoms with Gasteiger partial charge in [0.25, 0.3) is 0 Å². The molecule has 88 valence electrons. The van der Waals surface area contributed by atoms with E-state index in [1.54, 1.807) is 0 Å². The van der Waals surface area contributed by atoms with Crippen LogP contribution in [0.2, 0.25) is 0 Å². The number of hydrogen-bond donors (Lipinski definition) is 2. The van der Waals surface area contributed by atoms with Gasteiger partial charge in [-0.25, -0.2) is 0 Å². The van der Waals surface area contributed by atoms with Crippen molar-refractivity contribution in [2.24, 2.45) is 5.73 Å². The van der Waals surface area contributed by atoms with E-state index in [1.807, 2.05) is 11.8 Å². The summed E-state index contributed by atoms with van der Waals surface area (Å²) in [5.74, 6) is 0.0304. The molecule has 1 amide bonds. The molecule has 1 aliphatic rings. The van der Waals surface area contributed by atoms with Gasteiger partial charge in [0.1, 0.15) is 0 Å². The molecule has 3 nitrogen and oxygen atoms in total. The third-order valence-corrected chi connectivity index (χ3v) is 5.12. The molecule has 0 aliphatic heterocycles. The zero-order chi connectivity index (χ0) is 11.5. The van der Waals surface area contributed by atoms with E-state index in [4.69, 9.17) is 5.73 Å². The van der Waals surface area contributed by atoms with Crippen molar-refractivity contribution in [2.45, 2.75) is 49.8 Å². The van der Waals surface area contributed by atoms with E-state index >= 15 is 0 Å². The van der Waals surface area contributed by atoms with Crippen LogP contribution in [-0.4, -0.2) is 29.0 Å². The first-order valence-electron chi connectivity index (χ1n) is 5.64. The molecule has 1 fully saturated rings. The van der Waals surface area contributed by atoms with Gasteiger partial charge in [0.2, 0.25) is 5.91 Å². The van der Waals surface area contributed by atoms with Crippen molar-refractivity contribution in [1.29, 1.82) is 0 Å². The largest absolute Gasteiger partial charge is 0.353 e. The molecule has 0 bridgehead atoms. The maximum Gasteiger partial charge on any atom is 0.240 e. The molecule has 1 rings (SSSR count). The van der Waals surface area contributed by atoms with E-state index in [1.165, 1.54) is 0 Å². The third kappa shape index (κ3) is 2.88. The first kappa shape index (κ1) is 12.8. The van der Waals surface area contributed by atoms with E-state index in [0.717, 1.165) is 32.2 Å². The molecule has 0 radical (unpaired) electrons. The molecule has 15 heavy (non-hydrogen) atoms. The van der Waals surface area contributed by atoms with E-state index in [0.29, 0.717) is 0 Å². The van der Waals surface area contributed by atoms with Crippen LogP contribution in [0.15, 0.2) is 0 Å². The van der Waals surface area contributed by atoms with E-state index < -0.39 is 5.54 Å². The van der Waals surface area contributed by atoms with Gasteiger partial charge >= 0.3 is 0 Å². The van der Waals surface area contributed by atoms with Crippen molar-refractivity contribution < 1.29 is 4.79 Å². The Morgan fingerprint density at radius 3 is 2.33 bits per heavy atom. The number of thioether (sulfide) groups is 1. The lowest BCUT2D eigenvalue weighted by atomic mass is 10.0.